The predicted octanol–water partition coefficient (Wildman–Crippen LogP) is -0.229. The van der Waals surface area contributed by atoms with Crippen molar-refractivity contribution in [1.82, 2.24) is 20.9 Å². The average Bonchev–Trinajstić information content (AvgIpc) is 3.36. The van der Waals surface area contributed by atoms with Gasteiger partial charge in [0.05, 0.1) is 12.1 Å². The molecular weight excluding hydrogens is 562 g/mol. The number of carboxylic acid groups (broad SMARTS) is 2. The molecule has 230 valence electrons. The number of hydrogen-bond donors (Lipinski definition) is 9. The maximum Gasteiger partial charge on any atom is 0.326 e. The lowest BCUT2D eigenvalue weighted by Crippen LogP contribution is -2.60. The van der Waals surface area contributed by atoms with E-state index in [4.69, 9.17) is 10.8 Å². The van der Waals surface area contributed by atoms with Gasteiger partial charge < -0.3 is 47.1 Å². The van der Waals surface area contributed by atoms with Crippen LogP contribution >= 0.6 is 0 Å². The molecular formula is C29H35N5O9. The maximum atomic E-state index is 13.3. The third-order valence-corrected chi connectivity index (χ3v) is 6.78. The number of carbonyl (C=O) groups is 5. The van der Waals surface area contributed by atoms with Gasteiger partial charge in [0.2, 0.25) is 17.7 Å². The van der Waals surface area contributed by atoms with Crippen LogP contribution in [0.1, 0.15) is 30.9 Å². The molecule has 0 aliphatic heterocycles. The van der Waals surface area contributed by atoms with Crippen molar-refractivity contribution in [2.24, 2.45) is 5.73 Å². The Bertz CT molecular complexity index is 1450. The number of nitrogens with one attached hydrogen (secondary N) is 4. The third-order valence-electron chi connectivity index (χ3n) is 6.78. The fourth-order valence-electron chi connectivity index (χ4n) is 4.43. The summed E-state index contributed by atoms with van der Waals surface area (Å²) in [5.74, 6) is -5.39. The van der Waals surface area contributed by atoms with Gasteiger partial charge in [0.15, 0.2) is 0 Å². The van der Waals surface area contributed by atoms with Crippen molar-refractivity contribution in [3.63, 3.8) is 0 Å². The van der Waals surface area contributed by atoms with Crippen LogP contribution in [0.2, 0.25) is 0 Å². The monoisotopic (exact) mass is 597 g/mol. The normalized spacial score (nSPS) is 14.6. The van der Waals surface area contributed by atoms with Gasteiger partial charge in [-0.05, 0) is 49.1 Å². The lowest BCUT2D eigenvalue weighted by Gasteiger charge is -2.26. The number of aliphatic hydroxyl groups is 1. The number of fused-ring (bicyclic) bond motifs is 1. The molecule has 43 heavy (non-hydrogen) atoms. The Labute approximate surface area is 246 Å². The fourth-order valence-corrected chi connectivity index (χ4v) is 4.43. The molecule has 0 bridgehead atoms. The number of hydrogen-bond acceptors (Lipinski definition) is 8. The number of H-pyrrole nitrogens is 1. The highest BCUT2D eigenvalue weighted by molar-refractivity contribution is 5.95. The summed E-state index contributed by atoms with van der Waals surface area (Å²) in [5.41, 5.74) is 8.24. The minimum Gasteiger partial charge on any atom is -0.508 e. The van der Waals surface area contributed by atoms with Crippen molar-refractivity contribution in [2.75, 3.05) is 0 Å². The Kier molecular flexibility index (Phi) is 11.2. The van der Waals surface area contributed by atoms with E-state index in [-0.39, 0.29) is 18.6 Å². The number of rotatable bonds is 15. The van der Waals surface area contributed by atoms with Crippen molar-refractivity contribution < 1.29 is 44.4 Å². The minimum atomic E-state index is -1.56. The van der Waals surface area contributed by atoms with E-state index in [2.05, 4.69) is 20.9 Å². The zero-order valence-electron chi connectivity index (χ0n) is 23.3. The summed E-state index contributed by atoms with van der Waals surface area (Å²) in [6.45, 7) is 1.26. The summed E-state index contributed by atoms with van der Waals surface area (Å²) < 4.78 is 0. The number of para-hydroxylation sites is 1. The molecule has 1 aromatic heterocycles. The van der Waals surface area contributed by atoms with Gasteiger partial charge in [-0.1, -0.05) is 30.3 Å². The van der Waals surface area contributed by atoms with E-state index in [0.29, 0.717) is 5.56 Å². The van der Waals surface area contributed by atoms with E-state index in [1.807, 2.05) is 24.3 Å². The molecule has 3 aromatic rings. The minimum absolute atomic E-state index is 0.0470. The number of aromatic amines is 1. The molecule has 5 unspecified atom stereocenters. The first-order valence-electron chi connectivity index (χ1n) is 13.5. The van der Waals surface area contributed by atoms with Crippen molar-refractivity contribution in [2.45, 2.75) is 62.9 Å². The highest BCUT2D eigenvalue weighted by Gasteiger charge is 2.33. The number of carboxylic acids is 2. The lowest BCUT2D eigenvalue weighted by atomic mass is 10.0. The molecule has 3 rings (SSSR count). The van der Waals surface area contributed by atoms with Crippen LogP contribution in [0.15, 0.2) is 54.7 Å². The van der Waals surface area contributed by atoms with Crippen molar-refractivity contribution in [1.29, 1.82) is 0 Å². The van der Waals surface area contributed by atoms with Gasteiger partial charge >= 0.3 is 11.9 Å². The number of carbonyl (C=O) groups excluding carboxylic acids is 3. The van der Waals surface area contributed by atoms with Gasteiger partial charge in [-0.25, -0.2) is 4.79 Å². The number of aliphatic carboxylic acids is 2. The topological polar surface area (TPSA) is 244 Å². The number of nitrogens with two attached hydrogens (primary N) is 1. The van der Waals surface area contributed by atoms with Gasteiger partial charge in [-0.15, -0.1) is 0 Å². The SMILES string of the molecule is CC(O)C(NC(=O)C(N)Cc1c[nH]c2ccccc12)C(=O)NC(Cc1ccc(O)cc1)C(=O)NC(CCC(=O)O)C(=O)O. The van der Waals surface area contributed by atoms with Crippen LogP contribution in [-0.4, -0.2) is 85.3 Å². The number of phenols is 1. The van der Waals surface area contributed by atoms with E-state index >= 15 is 0 Å². The maximum absolute atomic E-state index is 13.3. The van der Waals surface area contributed by atoms with E-state index < -0.39 is 72.8 Å². The lowest BCUT2D eigenvalue weighted by molar-refractivity contribution is -0.143. The third kappa shape index (κ3) is 9.28. The van der Waals surface area contributed by atoms with Crippen molar-refractivity contribution in [3.8, 4) is 5.75 Å². The Morgan fingerprint density at radius 1 is 0.860 bits per heavy atom. The van der Waals surface area contributed by atoms with Gasteiger partial charge in [-0.3, -0.25) is 19.2 Å². The predicted molar refractivity (Wildman–Crippen MR) is 154 cm³/mol. The zero-order valence-corrected chi connectivity index (χ0v) is 23.3. The largest absolute Gasteiger partial charge is 0.508 e. The molecule has 14 nitrogen and oxygen atoms in total. The van der Waals surface area contributed by atoms with Crippen LogP contribution < -0.4 is 21.7 Å². The molecule has 14 heteroatoms. The van der Waals surface area contributed by atoms with E-state index in [0.717, 1.165) is 16.5 Å². The number of aromatic hydroxyl groups is 1. The van der Waals surface area contributed by atoms with Crippen LogP contribution in [0.4, 0.5) is 0 Å². The molecule has 10 N–H and O–H groups in total. The van der Waals surface area contributed by atoms with Gasteiger partial charge in [0, 0.05) is 29.9 Å². The van der Waals surface area contributed by atoms with Crippen molar-refractivity contribution in [3.05, 3.63) is 65.9 Å². The highest BCUT2D eigenvalue weighted by atomic mass is 16.4. The summed E-state index contributed by atoms with van der Waals surface area (Å²) in [7, 11) is 0. The number of phenolic OH excluding ortho intramolecular Hbond substituents is 1. The summed E-state index contributed by atoms with van der Waals surface area (Å²) in [6.07, 6.45) is -0.654. The summed E-state index contributed by atoms with van der Waals surface area (Å²) in [6, 6.07) is 7.54. The zero-order chi connectivity index (χ0) is 31.7. The molecule has 0 aliphatic rings. The first kappa shape index (κ1) is 32.6. The molecule has 1 heterocycles. The molecule has 0 saturated carbocycles. The quantitative estimate of drug-likeness (QED) is 0.111. The van der Waals surface area contributed by atoms with Crippen LogP contribution in [0.3, 0.4) is 0 Å². The summed E-state index contributed by atoms with van der Waals surface area (Å²) in [5, 5.41) is 46.3. The van der Waals surface area contributed by atoms with Crippen LogP contribution in [0, 0.1) is 0 Å². The molecule has 3 amide bonds. The molecule has 0 radical (unpaired) electrons. The molecule has 5 atom stereocenters. The molecule has 2 aromatic carbocycles. The second kappa shape index (κ2) is 14.8. The Hall–Kier alpha value is -4.95. The van der Waals surface area contributed by atoms with Gasteiger partial charge in [-0.2, -0.15) is 0 Å². The Morgan fingerprint density at radius 3 is 2.14 bits per heavy atom. The summed E-state index contributed by atoms with van der Waals surface area (Å²) >= 11 is 0. The first-order chi connectivity index (χ1) is 20.3. The standard InChI is InChI=1S/C29H35N5O9/c1-15(35)25(34-26(39)20(30)13-17-14-31-21-5-3-2-4-19(17)21)28(41)33-23(12-16-6-8-18(36)9-7-16)27(40)32-22(29(42)43)10-11-24(37)38/h2-9,14-15,20,22-23,25,31,35-36H,10-13,30H2,1H3,(H,32,40)(H,33,41)(H,34,39)(H,37,38)(H,42,43). The highest BCUT2D eigenvalue weighted by Crippen LogP contribution is 2.19. The second-order valence-corrected chi connectivity index (χ2v) is 10.2. The van der Waals surface area contributed by atoms with E-state index in [1.165, 1.54) is 31.2 Å². The van der Waals surface area contributed by atoms with Gasteiger partial charge in [0.25, 0.3) is 0 Å². The Balaban J connectivity index is 1.75. The second-order valence-electron chi connectivity index (χ2n) is 10.2. The van der Waals surface area contributed by atoms with Crippen LogP contribution in [-0.2, 0) is 36.8 Å². The smallest absolute Gasteiger partial charge is 0.326 e. The van der Waals surface area contributed by atoms with Crippen molar-refractivity contribution >= 4 is 40.6 Å². The number of aliphatic hydroxyl groups excluding tert-OH is 1. The Morgan fingerprint density at radius 2 is 1.51 bits per heavy atom. The fraction of sp³-hybridized carbons (Fsp3) is 0.345. The van der Waals surface area contributed by atoms with Gasteiger partial charge in [0.1, 0.15) is 23.9 Å². The van der Waals surface area contributed by atoms with Crippen LogP contribution in [0.5, 0.6) is 5.75 Å². The molecule has 0 saturated heterocycles. The molecule has 0 spiro atoms. The summed E-state index contributed by atoms with van der Waals surface area (Å²) in [4.78, 5) is 65.1. The average molecular weight is 598 g/mol. The van der Waals surface area contributed by atoms with E-state index in [9.17, 15) is 39.3 Å². The number of amides is 3. The molecule has 0 aliphatic carbocycles. The molecule has 0 fully saturated rings. The van der Waals surface area contributed by atoms with E-state index in [1.54, 1.807) is 6.20 Å². The number of aromatic nitrogens is 1. The first-order valence-corrected chi connectivity index (χ1v) is 13.5. The van der Waals surface area contributed by atoms with Crippen LogP contribution in [0.25, 0.3) is 10.9 Å². The number of benzene rings is 2.